The second-order valence-corrected chi connectivity index (χ2v) is 6.91. The van der Waals surface area contributed by atoms with Gasteiger partial charge < -0.3 is 9.72 Å². The number of ether oxygens (including phenoxy) is 1. The lowest BCUT2D eigenvalue weighted by Gasteiger charge is -2.23. The number of hydrogen-bond acceptors (Lipinski definition) is 3. The number of unbranched alkanes of at least 4 members (excludes halogenated alkanes) is 1. The first-order valence-electron chi connectivity index (χ1n) is 8.43. The summed E-state index contributed by atoms with van der Waals surface area (Å²) >= 11 is 3.51. The second-order valence-electron chi connectivity index (χ2n) is 5.99. The zero-order chi connectivity index (χ0) is 16.9. The third-order valence-electron chi connectivity index (χ3n) is 4.31. The minimum Gasteiger partial charge on any atom is -0.449 e. The van der Waals surface area contributed by atoms with E-state index in [1.807, 2.05) is 23.1 Å². The van der Waals surface area contributed by atoms with Gasteiger partial charge in [-0.2, -0.15) is 0 Å². The lowest BCUT2D eigenvalue weighted by atomic mass is 10.0. The molecule has 1 aliphatic heterocycles. The van der Waals surface area contributed by atoms with Gasteiger partial charge in [0.05, 0.1) is 30.4 Å². The fraction of sp³-hybridized carbons (Fsp3) is 0.444. The average molecular weight is 392 g/mol. The van der Waals surface area contributed by atoms with Gasteiger partial charge in [-0.3, -0.25) is 4.90 Å². The van der Waals surface area contributed by atoms with Crippen molar-refractivity contribution in [3.8, 4) is 11.3 Å². The monoisotopic (exact) mass is 391 g/mol. The molecule has 1 N–H and O–H groups in total. The Morgan fingerprint density at radius 3 is 3.17 bits per heavy atom. The van der Waals surface area contributed by atoms with Crippen molar-refractivity contribution in [1.29, 1.82) is 0 Å². The molecule has 3 rings (SSSR count). The van der Waals surface area contributed by atoms with Gasteiger partial charge in [-0.05, 0) is 31.4 Å². The summed E-state index contributed by atoms with van der Waals surface area (Å²) in [6, 6.07) is 8.05. The van der Waals surface area contributed by atoms with E-state index in [4.69, 9.17) is 4.74 Å². The number of imidazole rings is 1. The Morgan fingerprint density at radius 1 is 1.50 bits per heavy atom. The molecule has 1 amide bonds. The van der Waals surface area contributed by atoms with Gasteiger partial charge in [-0.15, -0.1) is 0 Å². The van der Waals surface area contributed by atoms with Crippen molar-refractivity contribution in [2.45, 2.75) is 38.6 Å². The summed E-state index contributed by atoms with van der Waals surface area (Å²) in [7, 11) is 0. The van der Waals surface area contributed by atoms with Gasteiger partial charge in [-0.1, -0.05) is 41.4 Å². The molecule has 0 aliphatic carbocycles. The smallest absolute Gasteiger partial charge is 0.410 e. The SMILES string of the molecule is CCCCOC(=O)N1CCCC1c1nc[nH]c1-c1cccc(Br)c1. The molecule has 1 fully saturated rings. The van der Waals surface area contributed by atoms with Crippen LogP contribution in [0.3, 0.4) is 0 Å². The number of halogens is 1. The summed E-state index contributed by atoms with van der Waals surface area (Å²) in [5.41, 5.74) is 2.94. The molecular formula is C18H22BrN3O2. The number of carbonyl (C=O) groups excluding carboxylic acids is 1. The van der Waals surface area contributed by atoms with E-state index >= 15 is 0 Å². The summed E-state index contributed by atoms with van der Waals surface area (Å²) in [6.45, 7) is 3.29. The van der Waals surface area contributed by atoms with Gasteiger partial charge in [0.25, 0.3) is 0 Å². The summed E-state index contributed by atoms with van der Waals surface area (Å²) in [6.07, 6.45) is 5.27. The first kappa shape index (κ1) is 17.0. The largest absolute Gasteiger partial charge is 0.449 e. The number of aromatic amines is 1. The molecule has 0 saturated carbocycles. The molecule has 1 aliphatic rings. The Bertz CT molecular complexity index is 701. The van der Waals surface area contributed by atoms with Crippen molar-refractivity contribution in [1.82, 2.24) is 14.9 Å². The van der Waals surface area contributed by atoms with Crippen LogP contribution in [-0.4, -0.2) is 34.1 Å². The average Bonchev–Trinajstić information content (AvgIpc) is 3.23. The van der Waals surface area contributed by atoms with Crippen LogP contribution in [-0.2, 0) is 4.74 Å². The maximum Gasteiger partial charge on any atom is 0.410 e. The molecule has 1 unspecified atom stereocenters. The van der Waals surface area contributed by atoms with Crippen LogP contribution in [0.5, 0.6) is 0 Å². The number of amides is 1. The molecule has 2 heterocycles. The molecule has 1 atom stereocenters. The topological polar surface area (TPSA) is 58.2 Å². The highest BCUT2D eigenvalue weighted by atomic mass is 79.9. The number of likely N-dealkylation sites (tertiary alicyclic amines) is 1. The van der Waals surface area contributed by atoms with Crippen LogP contribution in [0.4, 0.5) is 4.79 Å². The molecular weight excluding hydrogens is 370 g/mol. The van der Waals surface area contributed by atoms with Crippen molar-refractivity contribution in [3.05, 3.63) is 40.8 Å². The van der Waals surface area contributed by atoms with Crippen molar-refractivity contribution in [2.75, 3.05) is 13.2 Å². The van der Waals surface area contributed by atoms with E-state index in [0.29, 0.717) is 6.61 Å². The van der Waals surface area contributed by atoms with E-state index in [1.165, 1.54) is 0 Å². The third-order valence-corrected chi connectivity index (χ3v) is 4.80. The molecule has 5 nitrogen and oxygen atoms in total. The predicted octanol–water partition coefficient (Wildman–Crippen LogP) is 4.91. The fourth-order valence-electron chi connectivity index (χ4n) is 3.09. The van der Waals surface area contributed by atoms with E-state index < -0.39 is 0 Å². The summed E-state index contributed by atoms with van der Waals surface area (Å²) in [5.74, 6) is 0. The van der Waals surface area contributed by atoms with E-state index in [1.54, 1.807) is 6.33 Å². The summed E-state index contributed by atoms with van der Waals surface area (Å²) in [5, 5.41) is 0. The highest BCUT2D eigenvalue weighted by Crippen LogP contribution is 2.36. The lowest BCUT2D eigenvalue weighted by Crippen LogP contribution is -2.31. The quantitative estimate of drug-likeness (QED) is 0.736. The minimum atomic E-state index is -0.228. The third kappa shape index (κ3) is 3.64. The number of rotatable bonds is 5. The molecule has 1 aromatic carbocycles. The first-order chi connectivity index (χ1) is 11.7. The molecule has 24 heavy (non-hydrogen) atoms. The van der Waals surface area contributed by atoms with E-state index in [0.717, 1.165) is 53.7 Å². The van der Waals surface area contributed by atoms with E-state index in [2.05, 4.69) is 38.9 Å². The van der Waals surface area contributed by atoms with Gasteiger partial charge in [-0.25, -0.2) is 9.78 Å². The van der Waals surface area contributed by atoms with Gasteiger partial charge in [0.15, 0.2) is 0 Å². The van der Waals surface area contributed by atoms with Gasteiger partial charge in [0.2, 0.25) is 0 Å². The number of aromatic nitrogens is 2. The van der Waals surface area contributed by atoms with Crippen LogP contribution in [0, 0.1) is 0 Å². The van der Waals surface area contributed by atoms with Crippen LogP contribution in [0.25, 0.3) is 11.3 Å². The lowest BCUT2D eigenvalue weighted by molar-refractivity contribution is 0.0964. The fourth-order valence-corrected chi connectivity index (χ4v) is 3.49. The summed E-state index contributed by atoms with van der Waals surface area (Å²) in [4.78, 5) is 21.9. The standard InChI is InChI=1S/C18H22BrN3O2/c1-2-3-10-24-18(23)22-9-5-8-15(22)17-16(20-12-21-17)13-6-4-7-14(19)11-13/h4,6-7,11-12,15H,2-3,5,8-10H2,1H3,(H,20,21). The maximum atomic E-state index is 12.4. The van der Waals surface area contributed by atoms with Crippen LogP contribution >= 0.6 is 15.9 Å². The second kappa shape index (κ2) is 7.83. The number of hydrogen-bond donors (Lipinski definition) is 1. The molecule has 0 bridgehead atoms. The molecule has 1 saturated heterocycles. The molecule has 1 aromatic heterocycles. The number of nitrogens with zero attached hydrogens (tertiary/aromatic N) is 2. The van der Waals surface area contributed by atoms with Crippen LogP contribution in [0.1, 0.15) is 44.3 Å². The van der Waals surface area contributed by atoms with Crippen molar-refractivity contribution in [3.63, 3.8) is 0 Å². The Morgan fingerprint density at radius 2 is 2.38 bits per heavy atom. The van der Waals surface area contributed by atoms with E-state index in [-0.39, 0.29) is 12.1 Å². The Hall–Kier alpha value is -1.82. The Kier molecular flexibility index (Phi) is 5.56. The number of nitrogens with one attached hydrogen (secondary N) is 1. The van der Waals surface area contributed by atoms with Gasteiger partial charge in [0.1, 0.15) is 0 Å². The molecule has 6 heteroatoms. The van der Waals surface area contributed by atoms with Gasteiger partial charge in [0, 0.05) is 16.6 Å². The van der Waals surface area contributed by atoms with Crippen LogP contribution < -0.4 is 0 Å². The van der Waals surface area contributed by atoms with Gasteiger partial charge >= 0.3 is 6.09 Å². The highest BCUT2D eigenvalue weighted by molar-refractivity contribution is 9.10. The Balaban J connectivity index is 1.81. The number of benzene rings is 1. The molecule has 0 spiro atoms. The minimum absolute atomic E-state index is 0.0284. The van der Waals surface area contributed by atoms with Crippen LogP contribution in [0.15, 0.2) is 35.1 Å². The zero-order valence-corrected chi connectivity index (χ0v) is 15.4. The predicted molar refractivity (Wildman–Crippen MR) is 96.7 cm³/mol. The highest BCUT2D eigenvalue weighted by Gasteiger charge is 2.34. The normalized spacial score (nSPS) is 17.2. The van der Waals surface area contributed by atoms with Crippen LogP contribution in [0.2, 0.25) is 0 Å². The van der Waals surface area contributed by atoms with E-state index in [9.17, 15) is 4.79 Å². The molecule has 128 valence electrons. The van der Waals surface area contributed by atoms with Crippen molar-refractivity contribution in [2.24, 2.45) is 0 Å². The molecule has 2 aromatic rings. The number of H-pyrrole nitrogens is 1. The molecule has 0 radical (unpaired) electrons. The number of carbonyl (C=O) groups is 1. The zero-order valence-electron chi connectivity index (χ0n) is 13.8. The Labute approximate surface area is 150 Å². The van der Waals surface area contributed by atoms with Crippen molar-refractivity contribution < 1.29 is 9.53 Å². The maximum absolute atomic E-state index is 12.4. The first-order valence-corrected chi connectivity index (χ1v) is 9.22. The summed E-state index contributed by atoms with van der Waals surface area (Å²) < 4.78 is 6.42. The van der Waals surface area contributed by atoms with Crippen molar-refractivity contribution >= 4 is 22.0 Å².